The quantitative estimate of drug-likeness (QED) is 0.562. The molecule has 1 aromatic carbocycles. The Balaban J connectivity index is 0.00000114. The average molecular weight is 378 g/mol. The van der Waals surface area contributed by atoms with E-state index >= 15 is 0 Å². The fourth-order valence-electron chi connectivity index (χ4n) is 3.48. The lowest BCUT2D eigenvalue weighted by Gasteiger charge is -2.25. The standard InChI is InChI=1S/C20H33N3O.CH2O2/c1-22(2)19-13-12-18(15-23(3)16-19)20(24)21-14-8-7-11-17-9-5-4-6-10-17;2-1-3/h4-6,9-10,18-19H,7-8,11-16H2,1-3H3,(H,21,24);1H,(H,2,3)/t18-,19+;/m1./s1. The van der Waals surface area contributed by atoms with Crippen LogP contribution in [0.2, 0.25) is 0 Å². The van der Waals surface area contributed by atoms with Crippen LogP contribution in [0, 0.1) is 5.92 Å². The second-order valence-corrected chi connectivity index (χ2v) is 7.45. The van der Waals surface area contributed by atoms with Gasteiger partial charge in [0.05, 0.1) is 5.92 Å². The van der Waals surface area contributed by atoms with Gasteiger partial charge in [-0.3, -0.25) is 9.59 Å². The van der Waals surface area contributed by atoms with Crippen LogP contribution < -0.4 is 5.32 Å². The number of aryl methyl sites for hydroxylation is 1. The number of hydrogen-bond acceptors (Lipinski definition) is 4. The highest BCUT2D eigenvalue weighted by atomic mass is 16.3. The van der Waals surface area contributed by atoms with Crippen molar-refractivity contribution in [1.82, 2.24) is 15.1 Å². The highest BCUT2D eigenvalue weighted by molar-refractivity contribution is 5.78. The molecule has 1 aromatic rings. The van der Waals surface area contributed by atoms with Crippen molar-refractivity contribution in [2.75, 3.05) is 40.8 Å². The molecule has 0 bridgehead atoms. The molecule has 0 saturated carbocycles. The van der Waals surface area contributed by atoms with E-state index in [0.29, 0.717) is 6.04 Å². The Kier molecular flexibility index (Phi) is 11.4. The number of benzene rings is 1. The zero-order valence-electron chi connectivity index (χ0n) is 16.9. The maximum Gasteiger partial charge on any atom is 0.290 e. The molecule has 1 aliphatic rings. The number of nitrogens with one attached hydrogen (secondary N) is 1. The Morgan fingerprint density at radius 2 is 1.89 bits per heavy atom. The maximum absolute atomic E-state index is 12.5. The lowest BCUT2D eigenvalue weighted by Crippen LogP contribution is -2.39. The SMILES string of the molecule is CN1C[C@H](C(=O)NCCCCc2ccccc2)CC[C@H](N(C)C)C1.O=CO. The highest BCUT2D eigenvalue weighted by Gasteiger charge is 2.27. The highest BCUT2D eigenvalue weighted by Crippen LogP contribution is 2.18. The fourth-order valence-corrected chi connectivity index (χ4v) is 3.48. The number of amides is 1. The van der Waals surface area contributed by atoms with Crippen LogP contribution in [0.1, 0.15) is 31.2 Å². The van der Waals surface area contributed by atoms with E-state index in [0.717, 1.165) is 51.7 Å². The number of carbonyl (C=O) groups excluding carboxylic acids is 1. The van der Waals surface area contributed by atoms with Gasteiger partial charge in [-0.05, 0) is 58.8 Å². The lowest BCUT2D eigenvalue weighted by atomic mass is 10.0. The summed E-state index contributed by atoms with van der Waals surface area (Å²) in [5, 5.41) is 10.0. The molecule has 1 saturated heterocycles. The summed E-state index contributed by atoms with van der Waals surface area (Å²) in [5.41, 5.74) is 1.38. The van der Waals surface area contributed by atoms with E-state index in [1.54, 1.807) is 0 Å². The van der Waals surface area contributed by atoms with Crippen LogP contribution in [0.25, 0.3) is 0 Å². The van der Waals surface area contributed by atoms with Gasteiger partial charge in [-0.25, -0.2) is 0 Å². The van der Waals surface area contributed by atoms with E-state index in [-0.39, 0.29) is 18.3 Å². The predicted molar refractivity (Wildman–Crippen MR) is 109 cm³/mol. The molecule has 6 nitrogen and oxygen atoms in total. The second kappa shape index (κ2) is 13.3. The van der Waals surface area contributed by atoms with E-state index in [1.165, 1.54) is 5.56 Å². The summed E-state index contributed by atoms with van der Waals surface area (Å²) in [5.74, 6) is 0.370. The van der Waals surface area contributed by atoms with Crippen LogP contribution >= 0.6 is 0 Å². The van der Waals surface area contributed by atoms with Crippen molar-refractivity contribution in [2.24, 2.45) is 5.92 Å². The molecule has 2 atom stereocenters. The maximum atomic E-state index is 12.5. The second-order valence-electron chi connectivity index (χ2n) is 7.45. The van der Waals surface area contributed by atoms with Gasteiger partial charge in [-0.1, -0.05) is 30.3 Å². The number of carboxylic acid groups (broad SMARTS) is 1. The summed E-state index contributed by atoms with van der Waals surface area (Å²) in [7, 11) is 6.39. The Hall–Kier alpha value is -1.92. The largest absolute Gasteiger partial charge is 0.483 e. The Labute approximate surface area is 163 Å². The zero-order valence-corrected chi connectivity index (χ0v) is 16.9. The summed E-state index contributed by atoms with van der Waals surface area (Å²) >= 11 is 0. The van der Waals surface area contributed by atoms with Crippen LogP contribution in [0.15, 0.2) is 30.3 Å². The van der Waals surface area contributed by atoms with Crippen molar-refractivity contribution in [3.8, 4) is 0 Å². The van der Waals surface area contributed by atoms with Gasteiger partial charge in [0.2, 0.25) is 5.91 Å². The van der Waals surface area contributed by atoms with E-state index in [1.807, 2.05) is 6.07 Å². The zero-order chi connectivity index (χ0) is 20.1. The third kappa shape index (κ3) is 9.54. The third-order valence-electron chi connectivity index (χ3n) is 5.04. The molecule has 0 aromatic heterocycles. The Morgan fingerprint density at radius 1 is 1.22 bits per heavy atom. The van der Waals surface area contributed by atoms with Gasteiger partial charge >= 0.3 is 0 Å². The van der Waals surface area contributed by atoms with Gasteiger partial charge in [0, 0.05) is 25.7 Å². The van der Waals surface area contributed by atoms with Crippen molar-refractivity contribution in [2.45, 2.75) is 38.1 Å². The smallest absolute Gasteiger partial charge is 0.290 e. The van der Waals surface area contributed by atoms with E-state index < -0.39 is 0 Å². The van der Waals surface area contributed by atoms with Crippen molar-refractivity contribution in [1.29, 1.82) is 0 Å². The van der Waals surface area contributed by atoms with Crippen LogP contribution in [0.3, 0.4) is 0 Å². The van der Waals surface area contributed by atoms with Crippen molar-refractivity contribution in [3.63, 3.8) is 0 Å². The lowest BCUT2D eigenvalue weighted by molar-refractivity contribution is -0.125. The number of rotatable bonds is 7. The number of nitrogens with zero attached hydrogens (tertiary/aromatic N) is 2. The minimum atomic E-state index is -0.250. The molecule has 6 heteroatoms. The predicted octanol–water partition coefficient (Wildman–Crippen LogP) is 2.10. The number of likely N-dealkylation sites (tertiary alicyclic amines) is 1. The average Bonchev–Trinajstić information content (AvgIpc) is 2.85. The Bertz CT molecular complexity index is 537. The summed E-state index contributed by atoms with van der Waals surface area (Å²) in [6.45, 7) is 2.47. The first kappa shape index (κ1) is 23.1. The van der Waals surface area contributed by atoms with Gasteiger partial charge in [0.15, 0.2) is 0 Å². The number of hydrogen-bond donors (Lipinski definition) is 2. The van der Waals surface area contributed by atoms with E-state index in [9.17, 15) is 4.79 Å². The molecule has 0 spiro atoms. The summed E-state index contributed by atoms with van der Waals surface area (Å²) in [4.78, 5) is 25.4. The third-order valence-corrected chi connectivity index (χ3v) is 5.04. The van der Waals surface area contributed by atoms with Crippen LogP contribution in [-0.2, 0) is 16.0 Å². The number of likely N-dealkylation sites (N-methyl/N-ethyl adjacent to an activating group) is 2. The van der Waals surface area contributed by atoms with E-state index in [2.05, 4.69) is 60.5 Å². The normalized spacial score (nSPS) is 20.3. The molecular weight excluding hydrogens is 342 g/mol. The fraction of sp³-hybridized carbons (Fsp3) is 0.619. The number of carbonyl (C=O) groups is 2. The first-order valence-corrected chi connectivity index (χ1v) is 9.72. The van der Waals surface area contributed by atoms with Gasteiger partial charge < -0.3 is 20.2 Å². The summed E-state index contributed by atoms with van der Waals surface area (Å²) in [6.07, 6.45) is 5.35. The molecule has 1 heterocycles. The van der Waals surface area contributed by atoms with Crippen molar-refractivity contribution in [3.05, 3.63) is 35.9 Å². The van der Waals surface area contributed by atoms with Crippen molar-refractivity contribution < 1.29 is 14.7 Å². The molecule has 152 valence electrons. The van der Waals surface area contributed by atoms with Gasteiger partial charge in [-0.2, -0.15) is 0 Å². The molecule has 1 amide bonds. The van der Waals surface area contributed by atoms with Gasteiger partial charge in [0.25, 0.3) is 6.47 Å². The molecule has 2 rings (SSSR count). The number of unbranched alkanes of at least 4 members (excludes halogenated alkanes) is 1. The van der Waals surface area contributed by atoms with Crippen LogP contribution in [-0.4, -0.2) is 74.1 Å². The summed E-state index contributed by atoms with van der Waals surface area (Å²) < 4.78 is 0. The first-order valence-electron chi connectivity index (χ1n) is 9.72. The molecule has 0 unspecified atom stereocenters. The van der Waals surface area contributed by atoms with Crippen LogP contribution in [0.4, 0.5) is 0 Å². The minimum absolute atomic E-state index is 0.133. The molecule has 27 heavy (non-hydrogen) atoms. The van der Waals surface area contributed by atoms with Gasteiger partial charge in [-0.15, -0.1) is 0 Å². The summed E-state index contributed by atoms with van der Waals surface area (Å²) in [6, 6.07) is 11.1. The monoisotopic (exact) mass is 377 g/mol. The van der Waals surface area contributed by atoms with Gasteiger partial charge in [0.1, 0.15) is 0 Å². The topological polar surface area (TPSA) is 72.9 Å². The molecule has 0 aliphatic carbocycles. The molecule has 1 fully saturated rings. The molecule has 0 radical (unpaired) electrons. The van der Waals surface area contributed by atoms with E-state index in [4.69, 9.17) is 9.90 Å². The first-order chi connectivity index (χ1) is 13.0. The molecular formula is C21H35N3O3. The van der Waals surface area contributed by atoms with Crippen molar-refractivity contribution >= 4 is 12.4 Å². The molecule has 1 aliphatic heterocycles. The molecule has 2 N–H and O–H groups in total. The minimum Gasteiger partial charge on any atom is -0.483 e. The Morgan fingerprint density at radius 3 is 2.52 bits per heavy atom. The van der Waals surface area contributed by atoms with Crippen LogP contribution in [0.5, 0.6) is 0 Å².